The van der Waals surface area contributed by atoms with Gasteiger partial charge in [0.25, 0.3) is 5.91 Å². The van der Waals surface area contributed by atoms with Crippen molar-refractivity contribution in [1.82, 2.24) is 5.32 Å². The monoisotopic (exact) mass is 245 g/mol. The highest BCUT2D eigenvalue weighted by molar-refractivity contribution is 5.98. The average Bonchev–Trinajstić information content (AvgIpc) is 2.36. The van der Waals surface area contributed by atoms with E-state index in [4.69, 9.17) is 11.1 Å². The Labute approximate surface area is 107 Å². The van der Waals surface area contributed by atoms with Crippen molar-refractivity contribution in [3.8, 4) is 0 Å². The molecule has 0 heterocycles. The van der Waals surface area contributed by atoms with Crippen LogP contribution >= 0.6 is 0 Å². The Hall–Kier alpha value is -2.10. The predicted molar refractivity (Wildman–Crippen MR) is 73.2 cm³/mol. The molecule has 0 aliphatic carbocycles. The molecule has 1 aromatic carbocycles. The van der Waals surface area contributed by atoms with E-state index >= 15 is 0 Å². The summed E-state index contributed by atoms with van der Waals surface area (Å²) in [6, 6.07) is 9.65. The SMILES string of the molecule is CC/C(C)=C(/NC(=N)Cc1ccccc1)C(N)=O. The van der Waals surface area contributed by atoms with E-state index in [1.54, 1.807) is 0 Å². The Morgan fingerprint density at radius 2 is 1.94 bits per heavy atom. The first kappa shape index (κ1) is 14.0. The predicted octanol–water partition coefficient (Wildman–Crippen LogP) is 1.97. The first-order valence-corrected chi connectivity index (χ1v) is 5.92. The molecule has 0 unspecified atom stereocenters. The summed E-state index contributed by atoms with van der Waals surface area (Å²) >= 11 is 0. The Kier molecular flexibility index (Phi) is 5.11. The quantitative estimate of drug-likeness (QED) is 0.421. The fourth-order valence-corrected chi connectivity index (χ4v) is 1.55. The van der Waals surface area contributed by atoms with Gasteiger partial charge in [0.2, 0.25) is 0 Å². The van der Waals surface area contributed by atoms with Crippen LogP contribution in [-0.2, 0) is 11.2 Å². The second-order valence-electron chi connectivity index (χ2n) is 4.14. The molecule has 0 saturated carbocycles. The lowest BCUT2D eigenvalue weighted by atomic mass is 10.1. The van der Waals surface area contributed by atoms with E-state index in [0.29, 0.717) is 12.1 Å². The van der Waals surface area contributed by atoms with Gasteiger partial charge in [-0.2, -0.15) is 0 Å². The minimum Gasteiger partial charge on any atom is -0.364 e. The number of hydrogen-bond donors (Lipinski definition) is 3. The molecular weight excluding hydrogens is 226 g/mol. The molecule has 0 aliphatic heterocycles. The maximum absolute atomic E-state index is 11.3. The van der Waals surface area contributed by atoms with Gasteiger partial charge in [-0.05, 0) is 24.5 Å². The lowest BCUT2D eigenvalue weighted by Gasteiger charge is -2.12. The van der Waals surface area contributed by atoms with Crippen molar-refractivity contribution in [2.45, 2.75) is 26.7 Å². The number of amides is 1. The van der Waals surface area contributed by atoms with Gasteiger partial charge in [0.1, 0.15) is 11.5 Å². The molecule has 0 atom stereocenters. The molecule has 0 aliphatic rings. The topological polar surface area (TPSA) is 79.0 Å². The number of allylic oxidation sites excluding steroid dienone is 1. The molecule has 4 nitrogen and oxygen atoms in total. The summed E-state index contributed by atoms with van der Waals surface area (Å²) in [5, 5.41) is 10.7. The van der Waals surface area contributed by atoms with Gasteiger partial charge in [0.15, 0.2) is 0 Å². The number of nitrogens with one attached hydrogen (secondary N) is 2. The summed E-state index contributed by atoms with van der Waals surface area (Å²) in [6.07, 6.45) is 1.18. The number of benzene rings is 1. The zero-order chi connectivity index (χ0) is 13.5. The molecule has 4 heteroatoms. The van der Waals surface area contributed by atoms with Crippen LogP contribution in [0.5, 0.6) is 0 Å². The average molecular weight is 245 g/mol. The lowest BCUT2D eigenvalue weighted by molar-refractivity contribution is -0.114. The van der Waals surface area contributed by atoms with Crippen LogP contribution in [0.15, 0.2) is 41.6 Å². The van der Waals surface area contributed by atoms with E-state index in [9.17, 15) is 4.79 Å². The van der Waals surface area contributed by atoms with Gasteiger partial charge >= 0.3 is 0 Å². The van der Waals surface area contributed by atoms with Gasteiger partial charge in [-0.25, -0.2) is 0 Å². The molecular formula is C14H19N3O. The third-order valence-corrected chi connectivity index (χ3v) is 2.70. The van der Waals surface area contributed by atoms with Gasteiger partial charge in [-0.1, -0.05) is 37.3 Å². The summed E-state index contributed by atoms with van der Waals surface area (Å²) in [4.78, 5) is 11.3. The number of carbonyl (C=O) groups is 1. The van der Waals surface area contributed by atoms with Crippen LogP contribution < -0.4 is 11.1 Å². The van der Waals surface area contributed by atoms with Crippen molar-refractivity contribution in [3.63, 3.8) is 0 Å². The van der Waals surface area contributed by atoms with E-state index in [0.717, 1.165) is 17.6 Å². The maximum atomic E-state index is 11.3. The first-order valence-electron chi connectivity index (χ1n) is 5.92. The van der Waals surface area contributed by atoms with E-state index in [1.807, 2.05) is 44.2 Å². The highest BCUT2D eigenvalue weighted by Gasteiger charge is 2.10. The maximum Gasteiger partial charge on any atom is 0.265 e. The van der Waals surface area contributed by atoms with Crippen molar-refractivity contribution >= 4 is 11.7 Å². The summed E-state index contributed by atoms with van der Waals surface area (Å²) in [7, 11) is 0. The number of carbonyl (C=O) groups excluding carboxylic acids is 1. The molecule has 1 amide bonds. The molecule has 1 rings (SSSR count). The molecule has 0 bridgehead atoms. The van der Waals surface area contributed by atoms with Crippen molar-refractivity contribution in [2.75, 3.05) is 0 Å². The largest absolute Gasteiger partial charge is 0.364 e. The Bertz CT molecular complexity index is 463. The van der Waals surface area contributed by atoms with Gasteiger partial charge in [0.05, 0.1) is 0 Å². The minimum atomic E-state index is -0.521. The van der Waals surface area contributed by atoms with E-state index in [-0.39, 0.29) is 5.84 Å². The van der Waals surface area contributed by atoms with Gasteiger partial charge < -0.3 is 11.1 Å². The summed E-state index contributed by atoms with van der Waals surface area (Å²) in [5.74, 6) is -0.255. The number of primary amides is 1. The third kappa shape index (κ3) is 4.05. The zero-order valence-corrected chi connectivity index (χ0v) is 10.8. The van der Waals surface area contributed by atoms with Crippen molar-refractivity contribution in [3.05, 3.63) is 47.2 Å². The number of hydrogen-bond acceptors (Lipinski definition) is 2. The molecule has 0 saturated heterocycles. The normalized spacial score (nSPS) is 11.7. The van der Waals surface area contributed by atoms with E-state index in [1.165, 1.54) is 0 Å². The fourth-order valence-electron chi connectivity index (χ4n) is 1.55. The molecule has 96 valence electrons. The zero-order valence-electron chi connectivity index (χ0n) is 10.8. The molecule has 4 N–H and O–H groups in total. The fraction of sp³-hybridized carbons (Fsp3) is 0.286. The Morgan fingerprint density at radius 1 is 1.33 bits per heavy atom. The molecule has 0 spiro atoms. The number of rotatable bonds is 5. The second-order valence-corrected chi connectivity index (χ2v) is 4.14. The molecule has 0 radical (unpaired) electrons. The second kappa shape index (κ2) is 6.59. The van der Waals surface area contributed by atoms with E-state index < -0.39 is 5.91 Å². The van der Waals surface area contributed by atoms with Crippen LogP contribution in [-0.4, -0.2) is 11.7 Å². The molecule has 0 fully saturated rings. The van der Waals surface area contributed by atoms with Crippen LogP contribution in [0, 0.1) is 5.41 Å². The van der Waals surface area contributed by atoms with Crippen molar-refractivity contribution in [2.24, 2.45) is 5.73 Å². The molecule has 18 heavy (non-hydrogen) atoms. The van der Waals surface area contributed by atoms with Crippen LogP contribution in [0.1, 0.15) is 25.8 Å². The molecule has 0 aromatic heterocycles. The van der Waals surface area contributed by atoms with Crippen LogP contribution in [0.3, 0.4) is 0 Å². The number of nitrogens with two attached hydrogens (primary N) is 1. The van der Waals surface area contributed by atoms with Gasteiger partial charge in [-0.3, -0.25) is 10.2 Å². The molecule has 1 aromatic rings. The van der Waals surface area contributed by atoms with Crippen molar-refractivity contribution < 1.29 is 4.79 Å². The Morgan fingerprint density at radius 3 is 2.44 bits per heavy atom. The smallest absolute Gasteiger partial charge is 0.265 e. The summed E-state index contributed by atoms with van der Waals surface area (Å²) in [5.41, 5.74) is 7.51. The number of amidine groups is 1. The van der Waals surface area contributed by atoms with Crippen LogP contribution in [0.2, 0.25) is 0 Å². The Balaban J connectivity index is 2.72. The highest BCUT2D eigenvalue weighted by Crippen LogP contribution is 2.06. The summed E-state index contributed by atoms with van der Waals surface area (Å²) in [6.45, 7) is 3.78. The lowest BCUT2D eigenvalue weighted by Crippen LogP contribution is -2.32. The van der Waals surface area contributed by atoms with Crippen LogP contribution in [0.25, 0.3) is 0 Å². The van der Waals surface area contributed by atoms with Gasteiger partial charge in [-0.15, -0.1) is 0 Å². The minimum absolute atomic E-state index is 0.266. The summed E-state index contributed by atoms with van der Waals surface area (Å²) < 4.78 is 0. The third-order valence-electron chi connectivity index (χ3n) is 2.70. The van der Waals surface area contributed by atoms with Crippen LogP contribution in [0.4, 0.5) is 0 Å². The van der Waals surface area contributed by atoms with E-state index in [2.05, 4.69) is 5.32 Å². The first-order chi connectivity index (χ1) is 8.54. The van der Waals surface area contributed by atoms with Crippen molar-refractivity contribution in [1.29, 1.82) is 5.41 Å². The standard InChI is InChI=1S/C14H19N3O/c1-3-10(2)13(14(16)18)17-12(15)9-11-7-5-4-6-8-11/h4-8H,3,9H2,1-2H3,(H2,15,17)(H2,16,18)/b13-10+. The van der Waals surface area contributed by atoms with Gasteiger partial charge in [0, 0.05) is 6.42 Å². The highest BCUT2D eigenvalue weighted by atomic mass is 16.1.